The number of sulfonamides is 1. The van der Waals surface area contributed by atoms with Crippen molar-refractivity contribution in [1.29, 1.82) is 0 Å². The molecular formula is C23H26N2O6S. The predicted octanol–water partition coefficient (Wildman–Crippen LogP) is 3.73. The van der Waals surface area contributed by atoms with Gasteiger partial charge in [-0.25, -0.2) is 8.42 Å². The summed E-state index contributed by atoms with van der Waals surface area (Å²) in [6, 6.07) is 8.49. The van der Waals surface area contributed by atoms with Gasteiger partial charge in [0.25, 0.3) is 15.9 Å². The van der Waals surface area contributed by atoms with Crippen molar-refractivity contribution in [1.82, 2.24) is 0 Å². The highest BCUT2D eigenvalue weighted by Crippen LogP contribution is 2.45. The Labute approximate surface area is 188 Å². The van der Waals surface area contributed by atoms with Crippen molar-refractivity contribution in [2.75, 3.05) is 37.5 Å². The topological polar surface area (TPSA) is 94.2 Å². The maximum absolute atomic E-state index is 13.5. The number of benzene rings is 2. The highest BCUT2D eigenvalue weighted by atomic mass is 32.2. The second kappa shape index (κ2) is 8.96. The van der Waals surface area contributed by atoms with Gasteiger partial charge < -0.3 is 19.5 Å². The number of fused-ring (bicyclic) bond motifs is 1. The van der Waals surface area contributed by atoms with E-state index in [1.54, 1.807) is 31.2 Å². The van der Waals surface area contributed by atoms with E-state index in [1.807, 2.05) is 13.0 Å². The van der Waals surface area contributed by atoms with Crippen LogP contribution in [0.3, 0.4) is 0 Å². The molecule has 0 saturated heterocycles. The third-order valence-electron chi connectivity index (χ3n) is 5.17. The first-order valence-electron chi connectivity index (χ1n) is 9.76. The SMILES string of the molecule is C=CCN1c2cc(OC)c(OC)cc2C(C)=C(C(=O)Nc2cc(C)ccc2OC)S1(=O)=O. The van der Waals surface area contributed by atoms with E-state index in [2.05, 4.69) is 11.9 Å². The molecule has 0 saturated carbocycles. The minimum absolute atomic E-state index is 0.0252. The molecule has 0 atom stereocenters. The molecule has 1 amide bonds. The Balaban J connectivity index is 2.21. The van der Waals surface area contributed by atoms with E-state index in [-0.39, 0.29) is 11.4 Å². The van der Waals surface area contributed by atoms with Gasteiger partial charge in [-0.1, -0.05) is 12.1 Å². The summed E-state index contributed by atoms with van der Waals surface area (Å²) in [7, 11) is 0.243. The molecule has 8 nitrogen and oxygen atoms in total. The Morgan fingerprint density at radius 3 is 2.25 bits per heavy atom. The fourth-order valence-electron chi connectivity index (χ4n) is 3.63. The van der Waals surface area contributed by atoms with Crippen LogP contribution in [0.4, 0.5) is 11.4 Å². The van der Waals surface area contributed by atoms with E-state index in [0.29, 0.717) is 39.8 Å². The monoisotopic (exact) mass is 458 g/mol. The number of hydrogen-bond acceptors (Lipinski definition) is 6. The summed E-state index contributed by atoms with van der Waals surface area (Å²) >= 11 is 0. The number of amides is 1. The molecule has 0 radical (unpaired) electrons. The van der Waals surface area contributed by atoms with Gasteiger partial charge in [0.15, 0.2) is 16.4 Å². The minimum atomic E-state index is -4.19. The zero-order valence-electron chi connectivity index (χ0n) is 18.7. The quantitative estimate of drug-likeness (QED) is 0.636. The normalized spacial score (nSPS) is 14.5. The molecule has 0 aromatic heterocycles. The minimum Gasteiger partial charge on any atom is -0.495 e. The number of methoxy groups -OCH3 is 3. The predicted molar refractivity (Wildman–Crippen MR) is 125 cm³/mol. The van der Waals surface area contributed by atoms with Crippen LogP contribution in [-0.4, -0.2) is 42.2 Å². The van der Waals surface area contributed by atoms with Gasteiger partial charge in [-0.3, -0.25) is 9.10 Å². The molecule has 9 heteroatoms. The number of aryl methyl sites for hydroxylation is 1. The lowest BCUT2D eigenvalue weighted by atomic mass is 10.0. The third-order valence-corrected chi connectivity index (χ3v) is 7.10. The average Bonchev–Trinajstić information content (AvgIpc) is 2.75. The van der Waals surface area contributed by atoms with Crippen molar-refractivity contribution < 1.29 is 27.4 Å². The van der Waals surface area contributed by atoms with Crippen molar-refractivity contribution >= 4 is 32.9 Å². The fourth-order valence-corrected chi connectivity index (χ4v) is 5.34. The van der Waals surface area contributed by atoms with Crippen LogP contribution in [0.15, 0.2) is 47.9 Å². The lowest BCUT2D eigenvalue weighted by Gasteiger charge is -2.32. The van der Waals surface area contributed by atoms with Crippen LogP contribution in [0.2, 0.25) is 0 Å². The van der Waals surface area contributed by atoms with Crippen LogP contribution in [0, 0.1) is 6.92 Å². The second-order valence-electron chi connectivity index (χ2n) is 7.16. The van der Waals surface area contributed by atoms with Gasteiger partial charge in [0.2, 0.25) is 0 Å². The molecule has 2 aromatic carbocycles. The summed E-state index contributed by atoms with van der Waals surface area (Å²) in [5, 5.41) is 2.69. The molecule has 0 unspecified atom stereocenters. The van der Waals surface area contributed by atoms with Gasteiger partial charge in [-0.15, -0.1) is 6.58 Å². The van der Waals surface area contributed by atoms with Crippen LogP contribution in [0.5, 0.6) is 17.2 Å². The number of allylic oxidation sites excluding steroid dienone is 1. The van der Waals surface area contributed by atoms with Crippen LogP contribution >= 0.6 is 0 Å². The lowest BCUT2D eigenvalue weighted by molar-refractivity contribution is -0.112. The highest BCUT2D eigenvalue weighted by Gasteiger charge is 2.40. The van der Waals surface area contributed by atoms with Crippen molar-refractivity contribution in [3.8, 4) is 17.2 Å². The number of nitrogens with zero attached hydrogens (tertiary/aromatic N) is 1. The van der Waals surface area contributed by atoms with Crippen molar-refractivity contribution in [2.45, 2.75) is 13.8 Å². The summed E-state index contributed by atoms with van der Waals surface area (Å²) in [5.74, 6) is 0.454. The number of carbonyl (C=O) groups excluding carboxylic acids is 1. The number of carbonyl (C=O) groups is 1. The van der Waals surface area contributed by atoms with Gasteiger partial charge in [0, 0.05) is 11.6 Å². The zero-order valence-corrected chi connectivity index (χ0v) is 19.5. The molecule has 1 N–H and O–H groups in total. The molecule has 1 aliphatic heterocycles. The first-order chi connectivity index (χ1) is 15.2. The highest BCUT2D eigenvalue weighted by molar-refractivity contribution is 7.97. The number of hydrogen-bond donors (Lipinski definition) is 1. The van der Waals surface area contributed by atoms with Crippen molar-refractivity contribution in [2.24, 2.45) is 0 Å². The van der Waals surface area contributed by atoms with Crippen LogP contribution < -0.4 is 23.8 Å². The summed E-state index contributed by atoms with van der Waals surface area (Å²) < 4.78 is 44.2. The fraction of sp³-hybridized carbons (Fsp3) is 0.261. The summed E-state index contributed by atoms with van der Waals surface area (Å²) in [6.45, 7) is 7.09. The van der Waals surface area contributed by atoms with Crippen LogP contribution in [0.25, 0.3) is 5.57 Å². The van der Waals surface area contributed by atoms with Gasteiger partial charge in [0.05, 0.1) is 39.2 Å². The third kappa shape index (κ3) is 3.91. The van der Waals surface area contributed by atoms with Gasteiger partial charge in [0.1, 0.15) is 5.75 Å². The van der Waals surface area contributed by atoms with Gasteiger partial charge >= 0.3 is 0 Å². The van der Waals surface area contributed by atoms with Crippen molar-refractivity contribution in [3.63, 3.8) is 0 Å². The van der Waals surface area contributed by atoms with Gasteiger partial charge in [-0.2, -0.15) is 0 Å². The van der Waals surface area contributed by atoms with E-state index in [4.69, 9.17) is 14.2 Å². The molecular weight excluding hydrogens is 432 g/mol. The van der Waals surface area contributed by atoms with E-state index in [1.165, 1.54) is 27.4 Å². The molecule has 2 aromatic rings. The molecule has 1 aliphatic rings. The van der Waals surface area contributed by atoms with Crippen molar-refractivity contribution in [3.05, 3.63) is 59.0 Å². The first-order valence-corrected chi connectivity index (χ1v) is 11.2. The number of ether oxygens (including phenoxy) is 3. The standard InChI is InChI=1S/C23H26N2O6S/c1-7-10-25-18-13-21(31-6)20(30-5)12-16(18)15(3)22(32(25,27)28)23(26)24-17-11-14(2)8-9-19(17)29-4/h7-9,11-13H,1,10H2,2-6H3,(H,24,26). The Hall–Kier alpha value is -3.46. The average molecular weight is 459 g/mol. The zero-order chi connectivity index (χ0) is 23.6. The Bertz CT molecular complexity index is 1220. The smallest absolute Gasteiger partial charge is 0.270 e. The summed E-state index contributed by atoms with van der Waals surface area (Å²) in [6.07, 6.45) is 1.46. The summed E-state index contributed by atoms with van der Waals surface area (Å²) in [4.78, 5) is 12.9. The number of rotatable bonds is 7. The van der Waals surface area contributed by atoms with E-state index >= 15 is 0 Å². The lowest BCUT2D eigenvalue weighted by Crippen LogP contribution is -2.39. The van der Waals surface area contributed by atoms with E-state index < -0.39 is 15.9 Å². The molecule has 32 heavy (non-hydrogen) atoms. The van der Waals surface area contributed by atoms with Crippen LogP contribution in [0.1, 0.15) is 18.1 Å². The number of nitrogens with one attached hydrogen (secondary N) is 1. The molecule has 1 heterocycles. The molecule has 3 rings (SSSR count). The van der Waals surface area contributed by atoms with Gasteiger partial charge in [-0.05, 0) is 43.2 Å². The van der Waals surface area contributed by atoms with E-state index in [0.717, 1.165) is 9.87 Å². The Kier molecular flexibility index (Phi) is 6.50. The first kappa shape index (κ1) is 23.2. The second-order valence-corrected chi connectivity index (χ2v) is 8.96. The Morgan fingerprint density at radius 2 is 1.66 bits per heavy atom. The maximum Gasteiger partial charge on any atom is 0.270 e. The molecule has 0 bridgehead atoms. The molecule has 0 aliphatic carbocycles. The number of anilines is 2. The molecule has 170 valence electrons. The largest absolute Gasteiger partial charge is 0.495 e. The Morgan fingerprint density at radius 1 is 1.03 bits per heavy atom. The van der Waals surface area contributed by atoms with E-state index in [9.17, 15) is 13.2 Å². The van der Waals surface area contributed by atoms with Crippen LogP contribution in [-0.2, 0) is 14.8 Å². The maximum atomic E-state index is 13.5. The molecule has 0 spiro atoms. The molecule has 0 fully saturated rings. The summed E-state index contributed by atoms with van der Waals surface area (Å²) in [5.41, 5.74) is 2.48.